The smallest absolute Gasteiger partial charge is 0.276 e. The second-order valence-electron chi connectivity index (χ2n) is 4.82. The number of carbonyl (C=O) groups excluding carboxylic acids is 1. The van der Waals surface area contributed by atoms with E-state index in [4.69, 9.17) is 12.2 Å². The Balaban J connectivity index is 2.26. The van der Waals surface area contributed by atoms with Crippen molar-refractivity contribution in [1.29, 1.82) is 0 Å². The molecule has 0 bridgehead atoms. The molecule has 19 heavy (non-hydrogen) atoms. The molecule has 0 spiro atoms. The number of nitrogens with zero attached hydrogens (tertiary/aromatic N) is 1. The molecule has 1 aromatic carbocycles. The van der Waals surface area contributed by atoms with Crippen LogP contribution in [0.2, 0.25) is 0 Å². The molecular weight excluding hydrogens is 263 g/mol. The molecule has 0 unspecified atom stereocenters. The van der Waals surface area contributed by atoms with Gasteiger partial charge in [-0.15, -0.1) is 0 Å². The first kappa shape index (κ1) is 13.7. The SMILES string of the molecule is CC(C)CN1C(=O)/C(=C\c2ccccc2F)NC1=S. The Labute approximate surface area is 117 Å². The topological polar surface area (TPSA) is 32.3 Å². The number of rotatable bonds is 3. The Hall–Kier alpha value is -1.75. The van der Waals surface area contributed by atoms with Gasteiger partial charge in [0.1, 0.15) is 11.5 Å². The average Bonchev–Trinajstić information content (AvgIpc) is 2.60. The number of nitrogens with one attached hydrogen (secondary N) is 1. The summed E-state index contributed by atoms with van der Waals surface area (Å²) in [6, 6.07) is 6.30. The standard InChI is InChI=1S/C14H15FN2OS/c1-9(2)8-17-13(18)12(16-14(17)19)7-10-5-3-4-6-11(10)15/h3-7,9H,8H2,1-2H3,(H,16,19)/b12-7+. The van der Waals surface area contributed by atoms with E-state index in [1.54, 1.807) is 18.2 Å². The Morgan fingerprint density at radius 1 is 1.42 bits per heavy atom. The van der Waals surface area contributed by atoms with Crippen molar-refractivity contribution in [3.05, 3.63) is 41.3 Å². The van der Waals surface area contributed by atoms with Crippen LogP contribution >= 0.6 is 12.2 Å². The zero-order valence-electron chi connectivity index (χ0n) is 10.8. The van der Waals surface area contributed by atoms with Gasteiger partial charge in [-0.3, -0.25) is 9.69 Å². The summed E-state index contributed by atoms with van der Waals surface area (Å²) in [5, 5.41) is 3.21. The lowest BCUT2D eigenvalue weighted by molar-refractivity contribution is -0.122. The van der Waals surface area contributed by atoms with E-state index in [-0.39, 0.29) is 11.7 Å². The van der Waals surface area contributed by atoms with Crippen molar-refractivity contribution in [3.8, 4) is 0 Å². The minimum Gasteiger partial charge on any atom is -0.328 e. The number of thiocarbonyl (C=S) groups is 1. The maximum absolute atomic E-state index is 13.5. The van der Waals surface area contributed by atoms with Crippen LogP contribution in [-0.4, -0.2) is 22.5 Å². The van der Waals surface area contributed by atoms with E-state index in [0.717, 1.165) is 0 Å². The number of hydrogen-bond acceptors (Lipinski definition) is 2. The van der Waals surface area contributed by atoms with Crippen LogP contribution in [0.4, 0.5) is 4.39 Å². The van der Waals surface area contributed by atoms with Crippen LogP contribution in [0.5, 0.6) is 0 Å². The Morgan fingerprint density at radius 3 is 2.74 bits per heavy atom. The second kappa shape index (κ2) is 5.48. The summed E-state index contributed by atoms with van der Waals surface area (Å²) in [5.41, 5.74) is 0.684. The second-order valence-corrected chi connectivity index (χ2v) is 5.21. The third kappa shape index (κ3) is 2.98. The first-order valence-electron chi connectivity index (χ1n) is 6.08. The monoisotopic (exact) mass is 278 g/mol. The summed E-state index contributed by atoms with van der Waals surface area (Å²) in [7, 11) is 0. The first-order valence-corrected chi connectivity index (χ1v) is 6.49. The molecule has 1 heterocycles. The van der Waals surface area contributed by atoms with Crippen LogP contribution in [0.15, 0.2) is 30.0 Å². The molecule has 1 N–H and O–H groups in total. The van der Waals surface area contributed by atoms with E-state index < -0.39 is 0 Å². The molecule has 2 rings (SSSR count). The van der Waals surface area contributed by atoms with Gasteiger partial charge in [0.2, 0.25) is 0 Å². The number of halogens is 1. The van der Waals surface area contributed by atoms with Gasteiger partial charge in [0.25, 0.3) is 5.91 Å². The molecule has 0 atom stereocenters. The summed E-state index contributed by atoms with van der Waals surface area (Å²) in [6.45, 7) is 4.57. The van der Waals surface area contributed by atoms with E-state index in [2.05, 4.69) is 5.32 Å². The molecule has 1 aliphatic heterocycles. The van der Waals surface area contributed by atoms with Crippen molar-refractivity contribution >= 4 is 29.3 Å². The summed E-state index contributed by atoms with van der Waals surface area (Å²) in [4.78, 5) is 13.7. The van der Waals surface area contributed by atoms with Crippen LogP contribution in [0.25, 0.3) is 6.08 Å². The molecule has 0 saturated carbocycles. The third-order valence-corrected chi connectivity index (χ3v) is 3.04. The van der Waals surface area contributed by atoms with Crippen molar-refractivity contribution in [2.45, 2.75) is 13.8 Å². The fourth-order valence-corrected chi connectivity index (χ4v) is 2.12. The van der Waals surface area contributed by atoms with Gasteiger partial charge in [0.05, 0.1) is 0 Å². The van der Waals surface area contributed by atoms with Gasteiger partial charge in [-0.1, -0.05) is 32.0 Å². The zero-order chi connectivity index (χ0) is 14.0. The maximum atomic E-state index is 13.5. The average molecular weight is 278 g/mol. The fourth-order valence-electron chi connectivity index (χ4n) is 1.85. The van der Waals surface area contributed by atoms with Gasteiger partial charge in [-0.25, -0.2) is 4.39 Å². The zero-order valence-corrected chi connectivity index (χ0v) is 11.6. The Kier molecular flexibility index (Phi) is 3.95. The van der Waals surface area contributed by atoms with Crippen molar-refractivity contribution in [1.82, 2.24) is 10.2 Å². The van der Waals surface area contributed by atoms with E-state index in [0.29, 0.717) is 28.8 Å². The number of benzene rings is 1. The van der Waals surface area contributed by atoms with E-state index >= 15 is 0 Å². The van der Waals surface area contributed by atoms with Crippen LogP contribution in [-0.2, 0) is 4.79 Å². The predicted octanol–water partition coefficient (Wildman–Crippen LogP) is 2.54. The predicted molar refractivity (Wildman–Crippen MR) is 76.7 cm³/mol. The molecular formula is C14H15FN2OS. The van der Waals surface area contributed by atoms with Crippen LogP contribution in [0.3, 0.4) is 0 Å². The van der Waals surface area contributed by atoms with Crippen LogP contribution in [0.1, 0.15) is 19.4 Å². The van der Waals surface area contributed by atoms with E-state index in [1.807, 2.05) is 13.8 Å². The fraction of sp³-hybridized carbons (Fsp3) is 0.286. The molecule has 0 aromatic heterocycles. The number of carbonyl (C=O) groups is 1. The van der Waals surface area contributed by atoms with Gasteiger partial charge in [0.15, 0.2) is 5.11 Å². The number of hydrogen-bond donors (Lipinski definition) is 1. The summed E-state index contributed by atoms with van der Waals surface area (Å²) >= 11 is 5.12. The highest BCUT2D eigenvalue weighted by atomic mass is 32.1. The van der Waals surface area contributed by atoms with Crippen LogP contribution < -0.4 is 5.32 Å². The van der Waals surface area contributed by atoms with Gasteiger partial charge in [-0.05, 0) is 30.3 Å². The van der Waals surface area contributed by atoms with Gasteiger partial charge in [-0.2, -0.15) is 0 Å². The van der Waals surface area contributed by atoms with Gasteiger partial charge >= 0.3 is 0 Å². The third-order valence-electron chi connectivity index (χ3n) is 2.72. The molecule has 1 saturated heterocycles. The molecule has 1 fully saturated rings. The molecule has 100 valence electrons. The molecule has 1 aromatic rings. The lowest BCUT2D eigenvalue weighted by atomic mass is 10.1. The summed E-state index contributed by atoms with van der Waals surface area (Å²) < 4.78 is 13.5. The van der Waals surface area contributed by atoms with Crippen molar-refractivity contribution in [2.24, 2.45) is 5.92 Å². The van der Waals surface area contributed by atoms with E-state index in [9.17, 15) is 9.18 Å². The summed E-state index contributed by atoms with van der Waals surface area (Å²) in [5.74, 6) is -0.253. The highest BCUT2D eigenvalue weighted by Crippen LogP contribution is 2.17. The summed E-state index contributed by atoms with van der Waals surface area (Å²) in [6.07, 6.45) is 1.49. The highest BCUT2D eigenvalue weighted by Gasteiger charge is 2.30. The molecule has 1 aliphatic rings. The largest absolute Gasteiger partial charge is 0.328 e. The molecule has 1 amide bonds. The minimum absolute atomic E-state index is 0.207. The quantitative estimate of drug-likeness (QED) is 0.681. The Bertz CT molecular complexity index is 554. The highest BCUT2D eigenvalue weighted by molar-refractivity contribution is 7.80. The van der Waals surface area contributed by atoms with Crippen LogP contribution in [0, 0.1) is 11.7 Å². The Morgan fingerprint density at radius 2 is 2.11 bits per heavy atom. The molecule has 5 heteroatoms. The van der Waals surface area contributed by atoms with Crippen molar-refractivity contribution in [2.75, 3.05) is 6.54 Å². The van der Waals surface area contributed by atoms with Gasteiger partial charge in [0, 0.05) is 12.1 Å². The van der Waals surface area contributed by atoms with Crippen molar-refractivity contribution < 1.29 is 9.18 Å². The molecule has 0 aliphatic carbocycles. The van der Waals surface area contributed by atoms with E-state index in [1.165, 1.54) is 17.0 Å². The lowest BCUT2D eigenvalue weighted by Crippen LogP contribution is -2.33. The van der Waals surface area contributed by atoms with Gasteiger partial charge < -0.3 is 5.32 Å². The van der Waals surface area contributed by atoms with Crippen molar-refractivity contribution in [3.63, 3.8) is 0 Å². The lowest BCUT2D eigenvalue weighted by Gasteiger charge is -2.15. The first-order chi connectivity index (χ1) is 8.99. The minimum atomic E-state index is -0.363. The normalized spacial score (nSPS) is 17.5. The number of amides is 1. The maximum Gasteiger partial charge on any atom is 0.276 e. The molecule has 3 nitrogen and oxygen atoms in total. The molecule has 0 radical (unpaired) electrons.